The Morgan fingerprint density at radius 2 is 0.476 bits per heavy atom. The van der Waals surface area contributed by atoms with Gasteiger partial charge in [-0.3, -0.25) is 0 Å². The Hall–Kier alpha value is 4.84. The second kappa shape index (κ2) is 49.8. The summed E-state index contributed by atoms with van der Waals surface area (Å²) in [7, 11) is 0. The second-order valence-corrected chi connectivity index (χ2v) is 4.39. The molecule has 0 spiro atoms. The van der Waals surface area contributed by atoms with Crippen LogP contribution in [0.3, 0.4) is 0 Å². The summed E-state index contributed by atoms with van der Waals surface area (Å²) in [5.41, 5.74) is 0. The molecule has 0 amide bonds. The molecule has 21 heavy (non-hydrogen) atoms. The Labute approximate surface area is 210 Å². The number of rotatable bonds is 0. The Balaban J connectivity index is -0.0000000121. The van der Waals surface area contributed by atoms with Crippen molar-refractivity contribution in [2.24, 2.45) is 0 Å². The maximum atomic E-state index is 8.69. The van der Waals surface area contributed by atoms with E-state index < -0.39 is 74.5 Å². The smallest absolute Gasteiger partial charge is 0 e. The predicted octanol–water partition coefficient (Wildman–Crippen LogP) is -19.5. The van der Waals surface area contributed by atoms with Crippen LogP contribution in [0.25, 0.3) is 0 Å². The summed E-state index contributed by atoms with van der Waals surface area (Å²) in [6.45, 7) is 0. The minimum absolute atomic E-state index is 0. The van der Waals surface area contributed by atoms with Crippen molar-refractivity contribution in [1.29, 1.82) is 0 Å². The molecule has 4 N–H and O–H groups in total. The third-order valence-electron chi connectivity index (χ3n) is 0. The molecule has 0 heterocycles. The van der Waals surface area contributed by atoms with Gasteiger partial charge < -0.3 is 0 Å². The molecule has 0 rings (SSSR count). The fourth-order valence-corrected chi connectivity index (χ4v) is 0. The first-order chi connectivity index (χ1) is 6.93. The van der Waals surface area contributed by atoms with Gasteiger partial charge in [-0.2, -0.15) is 0 Å². The first-order valence-electron chi connectivity index (χ1n) is 2.53. The Morgan fingerprint density at radius 1 is 0.476 bits per heavy atom. The van der Waals surface area contributed by atoms with E-state index in [1.54, 1.807) is 0 Å². The van der Waals surface area contributed by atoms with E-state index >= 15 is 0 Å². The molecular formula is H4Li4O12Ti5. The zero-order chi connectivity index (χ0) is 14.3. The Bertz CT molecular complexity index is 170. The van der Waals surface area contributed by atoms with Crippen molar-refractivity contribution in [3.63, 3.8) is 0 Å². The van der Waals surface area contributed by atoms with Crippen LogP contribution in [0.1, 0.15) is 0 Å². The summed E-state index contributed by atoms with van der Waals surface area (Å²) in [5.74, 6) is 0. The van der Waals surface area contributed by atoms with Gasteiger partial charge in [-0.1, -0.05) is 0 Å². The van der Waals surface area contributed by atoms with Gasteiger partial charge in [-0.05, 0) is 0 Å². The Kier molecular flexibility index (Phi) is 133. The molecule has 12 nitrogen and oxygen atoms in total. The summed E-state index contributed by atoms with van der Waals surface area (Å²) in [5, 5.41) is 0. The van der Waals surface area contributed by atoms with Crippen molar-refractivity contribution in [1.82, 2.24) is 0 Å². The van der Waals surface area contributed by atoms with Gasteiger partial charge in [0, 0.05) is 21.7 Å². The molecule has 0 saturated carbocycles. The summed E-state index contributed by atoms with van der Waals surface area (Å²) in [6.07, 6.45) is 0. The molecule has 100 valence electrons. The summed E-state index contributed by atoms with van der Waals surface area (Å²) >= 11 is -15.3. The normalized spacial score (nSPS) is 4.95. The van der Waals surface area contributed by atoms with Gasteiger partial charge in [0.25, 0.3) is 0 Å². The molecule has 0 radical (unpaired) electrons. The molecule has 0 aliphatic carbocycles. The predicted molar refractivity (Wildman–Crippen MR) is 11.6 cm³/mol. The SMILES string of the molecule is [Li+].[Li+].[Li+].[Li+].[O]=[Ti]([O-])[OH].[O]=[Ti]([O-])[OH].[O]=[Ti]([O-])[OH].[O]=[Ti]([O-])[OH].[Ti]. The molecule has 0 atom stereocenters. The van der Waals surface area contributed by atoms with Crippen LogP contribution in [-0.2, 0) is 109 Å². The maximum absolute atomic E-state index is 8.69. The fraction of sp³-hybridized carbons (Fsp3) is 0. The van der Waals surface area contributed by atoms with Crippen LogP contribution in [0.2, 0.25) is 0 Å². The molecule has 0 bridgehead atoms. The average molecular weight is 463 g/mol. The van der Waals surface area contributed by atoms with Crippen molar-refractivity contribution >= 4 is 0 Å². The zero-order valence-corrected chi connectivity index (χ0v) is 19.4. The largest absolute Gasteiger partial charge is 0 e. The van der Waals surface area contributed by atoms with E-state index in [1.807, 2.05) is 0 Å². The van der Waals surface area contributed by atoms with Crippen molar-refractivity contribution in [3.05, 3.63) is 0 Å². The van der Waals surface area contributed by atoms with E-state index in [-0.39, 0.29) is 97.2 Å². The summed E-state index contributed by atoms with van der Waals surface area (Å²) < 4.78 is 98.0. The second-order valence-electron chi connectivity index (χ2n) is 1.06. The van der Waals surface area contributed by atoms with E-state index in [4.69, 9.17) is 42.8 Å². The topological polar surface area (TPSA) is 241 Å². The molecule has 0 aromatic heterocycles. The molecule has 0 aliphatic rings. The first kappa shape index (κ1) is 56.2. The van der Waals surface area contributed by atoms with Crippen molar-refractivity contribution in [2.75, 3.05) is 0 Å². The molecular weight excluding hydrogens is 459 g/mol. The number of hydrogen-bond donors (Lipinski definition) is 4. The third-order valence-corrected chi connectivity index (χ3v) is 0. The first-order valence-corrected chi connectivity index (χ1v) is 10.4. The van der Waals surface area contributed by atoms with Gasteiger partial charge in [-0.25, -0.2) is 0 Å². The van der Waals surface area contributed by atoms with Gasteiger partial charge in [0.05, 0.1) is 0 Å². The zero-order valence-electron chi connectivity index (χ0n) is 11.6. The Morgan fingerprint density at radius 3 is 0.476 bits per heavy atom. The minimum Gasteiger partial charge on any atom is 0 e. The molecule has 0 aromatic rings. The van der Waals surface area contributed by atoms with E-state index in [9.17, 15) is 0 Å². The standard InChI is InChI=1S/4Li.4H2O.8O.5Ti/h;;;;4*1H2;;;;;;;;;;;;;/q4*+1;;;;;;;;;4*-1;;4*+1/p-4. The minimum atomic E-state index is -3.83. The van der Waals surface area contributed by atoms with Gasteiger partial charge in [0.15, 0.2) is 0 Å². The molecule has 0 aliphatic heterocycles. The fourth-order valence-electron chi connectivity index (χ4n) is 0. The van der Waals surface area contributed by atoms with Crippen molar-refractivity contribution in [2.45, 2.75) is 0 Å². The van der Waals surface area contributed by atoms with Gasteiger partial charge in [0.2, 0.25) is 0 Å². The van der Waals surface area contributed by atoms with Gasteiger partial charge in [-0.15, -0.1) is 0 Å². The number of hydrogen-bond acceptors (Lipinski definition) is 8. The third kappa shape index (κ3) is 553. The molecule has 0 aromatic carbocycles. The van der Waals surface area contributed by atoms with Crippen LogP contribution in [0.15, 0.2) is 0 Å². The van der Waals surface area contributed by atoms with E-state index in [1.165, 1.54) is 0 Å². The van der Waals surface area contributed by atoms with Crippen molar-refractivity contribution in [3.8, 4) is 0 Å². The average Bonchev–Trinajstić information content (AvgIpc) is 1.76. The van der Waals surface area contributed by atoms with Crippen molar-refractivity contribution < 1.29 is 214 Å². The van der Waals surface area contributed by atoms with E-state index in [0.29, 0.717) is 0 Å². The maximum Gasteiger partial charge on any atom is 0 e. The van der Waals surface area contributed by atoms with Crippen LogP contribution < -0.4 is 90.2 Å². The van der Waals surface area contributed by atoms with Gasteiger partial charge in [0.1, 0.15) is 0 Å². The monoisotopic (exact) mass is 464 g/mol. The quantitative estimate of drug-likeness (QED) is 0.245. The van der Waals surface area contributed by atoms with Gasteiger partial charge >= 0.3 is 193 Å². The van der Waals surface area contributed by atoms with Crippen LogP contribution in [-0.4, -0.2) is 14.8 Å². The molecule has 21 heteroatoms. The molecule has 0 saturated heterocycles. The van der Waals surface area contributed by atoms with Crippen LogP contribution in [0, 0.1) is 0 Å². The van der Waals surface area contributed by atoms with Crippen LogP contribution in [0.4, 0.5) is 0 Å². The van der Waals surface area contributed by atoms with E-state index in [0.717, 1.165) is 0 Å². The van der Waals surface area contributed by atoms with E-state index in [2.05, 4.69) is 0 Å². The summed E-state index contributed by atoms with van der Waals surface area (Å²) in [6, 6.07) is 0. The van der Waals surface area contributed by atoms with Crippen LogP contribution >= 0.6 is 0 Å². The molecule has 0 unspecified atom stereocenters. The molecule has 0 fully saturated rings. The summed E-state index contributed by atoms with van der Waals surface area (Å²) in [4.78, 5) is 0. The van der Waals surface area contributed by atoms with Crippen LogP contribution in [0.5, 0.6) is 0 Å².